The minimum absolute atomic E-state index is 0.0603. The van der Waals surface area contributed by atoms with E-state index in [2.05, 4.69) is 33.9 Å². The van der Waals surface area contributed by atoms with Crippen LogP contribution in [-0.2, 0) is 28.1 Å². The van der Waals surface area contributed by atoms with E-state index in [9.17, 15) is 4.79 Å². The van der Waals surface area contributed by atoms with Crippen LogP contribution in [0, 0.1) is 0 Å². The molecule has 0 N–H and O–H groups in total. The lowest BCUT2D eigenvalue weighted by Crippen LogP contribution is -2.79. The van der Waals surface area contributed by atoms with Crippen molar-refractivity contribution in [2.45, 2.75) is 82.0 Å². The lowest BCUT2D eigenvalue weighted by atomic mass is 9.82. The molecule has 0 aromatic heterocycles. The van der Waals surface area contributed by atoms with Crippen molar-refractivity contribution in [3.8, 4) is 0 Å². The monoisotopic (exact) mass is 330 g/mol. The molecule has 0 aromatic carbocycles. The van der Waals surface area contributed by atoms with Crippen LogP contribution in [0.5, 0.6) is 0 Å². The van der Waals surface area contributed by atoms with E-state index < -0.39 is 33.2 Å². The number of hydrogen-bond donors (Lipinski definition) is 0. The average molecular weight is 330 g/mol. The first-order chi connectivity index (χ1) is 10.2. The van der Waals surface area contributed by atoms with E-state index in [0.29, 0.717) is 0 Å². The maximum Gasteiger partial charge on any atom is 0.509 e. The van der Waals surface area contributed by atoms with Crippen LogP contribution >= 0.6 is 0 Å². The Kier molecular flexibility index (Phi) is 3.01. The molecule has 7 nitrogen and oxygen atoms in total. The van der Waals surface area contributed by atoms with Crippen LogP contribution in [0.2, 0.25) is 18.1 Å². The van der Waals surface area contributed by atoms with Crippen molar-refractivity contribution < 1.29 is 32.9 Å². The highest BCUT2D eigenvalue weighted by Crippen LogP contribution is 2.48. The van der Waals surface area contributed by atoms with Crippen molar-refractivity contribution in [1.29, 1.82) is 0 Å². The number of carbonyl (C=O) groups excluding carboxylic acids is 1. The predicted octanol–water partition coefficient (Wildman–Crippen LogP) is 1.76. The molecule has 1 saturated carbocycles. The average Bonchev–Trinajstić information content (AvgIpc) is 2.40. The second-order valence-corrected chi connectivity index (χ2v) is 12.6. The van der Waals surface area contributed by atoms with Crippen LogP contribution in [0.1, 0.15) is 20.8 Å². The van der Waals surface area contributed by atoms with Crippen LogP contribution in [0.25, 0.3) is 0 Å². The molecule has 7 atom stereocenters. The zero-order valence-electron chi connectivity index (χ0n) is 13.4. The van der Waals surface area contributed by atoms with Gasteiger partial charge in [-0.2, -0.15) is 0 Å². The second-order valence-electron chi connectivity index (χ2n) is 7.85. The smallest absolute Gasteiger partial charge is 0.425 e. The predicted molar refractivity (Wildman–Crippen MR) is 75.6 cm³/mol. The summed E-state index contributed by atoms with van der Waals surface area (Å²) in [5.41, 5.74) is 0. The number of hydrogen-bond acceptors (Lipinski definition) is 7. The third-order valence-corrected chi connectivity index (χ3v) is 9.92. The van der Waals surface area contributed by atoms with Crippen LogP contribution in [0.4, 0.5) is 4.79 Å². The van der Waals surface area contributed by atoms with Gasteiger partial charge >= 0.3 is 6.16 Å². The van der Waals surface area contributed by atoms with E-state index in [1.54, 1.807) is 0 Å². The maximum absolute atomic E-state index is 11.6. The Bertz CT molecular complexity index is 476. The summed E-state index contributed by atoms with van der Waals surface area (Å²) in [5, 5.41) is 0.0603. The molecule has 6 bridgehead atoms. The molecule has 0 aromatic rings. The Balaban J connectivity index is 1.64. The van der Waals surface area contributed by atoms with Crippen molar-refractivity contribution in [2.75, 3.05) is 0 Å². The molecular formula is C14H22O7Si. The molecule has 22 heavy (non-hydrogen) atoms. The molecule has 3 unspecified atom stereocenters. The molecule has 0 amide bonds. The van der Waals surface area contributed by atoms with E-state index in [0.717, 1.165) is 0 Å². The molecule has 124 valence electrons. The fourth-order valence-electron chi connectivity index (χ4n) is 3.24. The molecule has 0 radical (unpaired) electrons. The topological polar surface area (TPSA) is 72.5 Å². The maximum atomic E-state index is 11.6. The molecule has 5 aliphatic rings. The van der Waals surface area contributed by atoms with Crippen molar-refractivity contribution in [2.24, 2.45) is 0 Å². The van der Waals surface area contributed by atoms with Crippen molar-refractivity contribution in [1.82, 2.24) is 0 Å². The van der Waals surface area contributed by atoms with Gasteiger partial charge in [0.2, 0.25) is 0 Å². The zero-order chi connectivity index (χ0) is 15.9. The summed E-state index contributed by atoms with van der Waals surface area (Å²) >= 11 is 0. The van der Waals surface area contributed by atoms with Gasteiger partial charge in [-0.15, -0.1) is 0 Å². The fourth-order valence-corrected chi connectivity index (χ4v) is 4.54. The summed E-state index contributed by atoms with van der Waals surface area (Å²) in [6, 6.07) is 0. The van der Waals surface area contributed by atoms with Crippen molar-refractivity contribution in [3.63, 3.8) is 0 Å². The normalized spacial score (nSPS) is 46.4. The minimum atomic E-state index is -2.03. The number of carbonyl (C=O) groups is 1. The Morgan fingerprint density at radius 1 is 0.909 bits per heavy atom. The summed E-state index contributed by atoms with van der Waals surface area (Å²) in [6.45, 7) is 10.2. The summed E-state index contributed by atoms with van der Waals surface area (Å²) < 4.78 is 34.2. The minimum Gasteiger partial charge on any atom is -0.425 e. The highest BCUT2D eigenvalue weighted by molar-refractivity contribution is 6.74. The van der Waals surface area contributed by atoms with Gasteiger partial charge in [-0.25, -0.2) is 4.79 Å². The first-order valence-corrected chi connectivity index (χ1v) is 10.6. The Morgan fingerprint density at radius 3 is 1.91 bits per heavy atom. The number of rotatable bonds is 2. The van der Waals surface area contributed by atoms with Gasteiger partial charge in [-0.3, -0.25) is 0 Å². The Labute approximate surface area is 130 Å². The van der Waals surface area contributed by atoms with Crippen LogP contribution < -0.4 is 0 Å². The van der Waals surface area contributed by atoms with E-state index >= 15 is 0 Å². The molecule has 8 heteroatoms. The van der Waals surface area contributed by atoms with Gasteiger partial charge in [-0.05, 0) is 18.1 Å². The van der Waals surface area contributed by atoms with Crippen LogP contribution in [0.3, 0.4) is 0 Å². The standard InChI is InChI=1S/C14H22O7Si/c1-14(2,3)22(4,5)21-11-9-6-8-7(17-12(15)16-6)10(11)20-13(18-8)19-9/h6-11,13H,1-5H3/t6-,7-,8?,9-,10+,11?,13?/m1/s1. The first kappa shape index (κ1) is 14.9. The van der Waals surface area contributed by atoms with Crippen LogP contribution in [0.15, 0.2) is 0 Å². The molecular weight excluding hydrogens is 308 g/mol. The Morgan fingerprint density at radius 2 is 1.41 bits per heavy atom. The molecule has 4 heterocycles. The second kappa shape index (κ2) is 4.45. The third kappa shape index (κ3) is 1.98. The molecule has 4 aliphatic heterocycles. The van der Waals surface area contributed by atoms with Gasteiger partial charge in [-0.1, -0.05) is 20.8 Å². The highest BCUT2D eigenvalue weighted by Gasteiger charge is 2.68. The van der Waals surface area contributed by atoms with Gasteiger partial charge in [0.05, 0.1) is 0 Å². The Hall–Kier alpha value is -0.673. The fraction of sp³-hybridized carbons (Fsp3) is 0.929. The first-order valence-electron chi connectivity index (χ1n) is 7.69. The van der Waals surface area contributed by atoms with Crippen molar-refractivity contribution >= 4 is 14.5 Å². The summed E-state index contributed by atoms with van der Waals surface area (Å²) in [4.78, 5) is 11.6. The lowest BCUT2D eigenvalue weighted by Gasteiger charge is -2.60. The largest absolute Gasteiger partial charge is 0.509 e. The zero-order valence-corrected chi connectivity index (χ0v) is 14.4. The van der Waals surface area contributed by atoms with E-state index in [4.69, 9.17) is 28.1 Å². The molecule has 5 fully saturated rings. The quantitative estimate of drug-likeness (QED) is 0.564. The third-order valence-electron chi connectivity index (χ3n) is 5.45. The molecule has 4 saturated heterocycles. The van der Waals surface area contributed by atoms with Gasteiger partial charge in [0, 0.05) is 0 Å². The van der Waals surface area contributed by atoms with E-state index in [-0.39, 0.29) is 29.5 Å². The van der Waals surface area contributed by atoms with Crippen LogP contribution in [-0.4, -0.2) is 57.6 Å². The van der Waals surface area contributed by atoms with Gasteiger partial charge < -0.3 is 28.1 Å². The van der Waals surface area contributed by atoms with Gasteiger partial charge in [0.15, 0.2) is 20.5 Å². The summed E-state index contributed by atoms with van der Waals surface area (Å²) in [6.07, 6.45) is -3.03. The van der Waals surface area contributed by atoms with E-state index in [1.165, 1.54) is 0 Å². The summed E-state index contributed by atoms with van der Waals surface area (Å²) in [7, 11) is -2.03. The van der Waals surface area contributed by atoms with Gasteiger partial charge in [0.25, 0.3) is 6.48 Å². The van der Waals surface area contributed by atoms with Gasteiger partial charge in [0.1, 0.15) is 24.4 Å². The lowest BCUT2D eigenvalue weighted by molar-refractivity contribution is -0.488. The summed E-state index contributed by atoms with van der Waals surface area (Å²) in [5.74, 6) is 0. The van der Waals surface area contributed by atoms with Crippen molar-refractivity contribution in [3.05, 3.63) is 0 Å². The van der Waals surface area contributed by atoms with E-state index in [1.807, 2.05) is 0 Å². The highest BCUT2D eigenvalue weighted by atomic mass is 28.4. The number of ether oxygens (including phenoxy) is 5. The molecule has 1 aliphatic carbocycles. The molecule has 0 spiro atoms. The molecule has 5 rings (SSSR count). The SMILES string of the molecule is CC(C)(C)[Si](C)(C)OC1[C@H]2OC3OC4[C@H]2OC(=O)O[C@H]4[C@H]1O3.